The zero-order valence-corrected chi connectivity index (χ0v) is 11.2. The van der Waals surface area contributed by atoms with Gasteiger partial charge in [-0.2, -0.15) is 11.8 Å². The molecule has 2 atom stereocenters. The normalized spacial score (nSPS) is 14.9. The number of hydrogen-bond donors (Lipinski definition) is 3. The quantitative estimate of drug-likeness (QED) is 0.588. The Morgan fingerprint density at radius 3 is 2.62 bits per heavy atom. The number of thioether (sulfide) groups is 1. The van der Waals surface area contributed by atoms with Crippen LogP contribution in [0.1, 0.15) is 26.7 Å². The van der Waals surface area contributed by atoms with Gasteiger partial charge in [0.15, 0.2) is 0 Å². The van der Waals surface area contributed by atoms with Crippen molar-refractivity contribution in [3.05, 3.63) is 0 Å². The number of carbonyl (C=O) groups excluding carboxylic acids is 1. The molecule has 0 aliphatic heterocycles. The molecule has 5 heteroatoms. The monoisotopic (exact) mass is 248 g/mol. The molecule has 0 fully saturated rings. The van der Waals surface area contributed by atoms with Crippen LogP contribution in [0.2, 0.25) is 0 Å². The Morgan fingerprint density at radius 1 is 1.50 bits per heavy atom. The number of amides is 1. The summed E-state index contributed by atoms with van der Waals surface area (Å²) in [7, 11) is 0. The summed E-state index contributed by atoms with van der Waals surface area (Å²) >= 11 is 1.67. The van der Waals surface area contributed by atoms with Crippen molar-refractivity contribution < 1.29 is 9.90 Å². The van der Waals surface area contributed by atoms with E-state index >= 15 is 0 Å². The van der Waals surface area contributed by atoms with Crippen LogP contribution in [0.3, 0.4) is 0 Å². The topological polar surface area (TPSA) is 75.4 Å². The number of rotatable bonds is 8. The van der Waals surface area contributed by atoms with Crippen LogP contribution >= 0.6 is 11.8 Å². The van der Waals surface area contributed by atoms with Crippen molar-refractivity contribution in [2.24, 2.45) is 11.7 Å². The van der Waals surface area contributed by atoms with E-state index in [9.17, 15) is 9.90 Å². The highest BCUT2D eigenvalue weighted by Gasteiger charge is 2.14. The fourth-order valence-electron chi connectivity index (χ4n) is 1.35. The van der Waals surface area contributed by atoms with Crippen molar-refractivity contribution in [1.29, 1.82) is 0 Å². The third-order valence-corrected chi connectivity index (χ3v) is 2.87. The van der Waals surface area contributed by atoms with Gasteiger partial charge in [-0.05, 0) is 30.8 Å². The van der Waals surface area contributed by atoms with Gasteiger partial charge in [0.05, 0.1) is 12.1 Å². The first kappa shape index (κ1) is 15.7. The molecule has 0 bridgehead atoms. The second kappa shape index (κ2) is 8.84. The van der Waals surface area contributed by atoms with Crippen molar-refractivity contribution in [2.45, 2.75) is 38.8 Å². The van der Waals surface area contributed by atoms with Gasteiger partial charge in [0.1, 0.15) is 0 Å². The molecule has 4 nitrogen and oxygen atoms in total. The highest BCUT2D eigenvalue weighted by atomic mass is 32.2. The second-order valence-electron chi connectivity index (χ2n) is 4.42. The standard InChI is InChI=1S/C11H24N2O2S/c1-8(2)6-9(14)7-13-11(15)10(12)4-5-16-3/h8-10,14H,4-7,12H2,1-3H3,(H,13,15)/t9?,10-/m1/s1. The van der Waals surface area contributed by atoms with E-state index in [4.69, 9.17) is 5.73 Å². The molecule has 1 amide bonds. The molecule has 4 N–H and O–H groups in total. The second-order valence-corrected chi connectivity index (χ2v) is 5.40. The average molecular weight is 248 g/mol. The van der Waals surface area contributed by atoms with Crippen molar-refractivity contribution in [3.8, 4) is 0 Å². The van der Waals surface area contributed by atoms with Crippen LogP contribution < -0.4 is 11.1 Å². The molecule has 96 valence electrons. The Morgan fingerprint density at radius 2 is 2.12 bits per heavy atom. The Balaban J connectivity index is 3.70. The SMILES string of the molecule is CSCC[C@@H](N)C(=O)NCC(O)CC(C)C. The van der Waals surface area contributed by atoms with E-state index in [1.807, 2.05) is 20.1 Å². The number of nitrogens with one attached hydrogen (secondary N) is 1. The number of carbonyl (C=O) groups is 1. The van der Waals surface area contributed by atoms with Crippen molar-refractivity contribution >= 4 is 17.7 Å². The first-order chi connectivity index (χ1) is 7.47. The fourth-order valence-corrected chi connectivity index (χ4v) is 1.84. The highest BCUT2D eigenvalue weighted by molar-refractivity contribution is 7.98. The van der Waals surface area contributed by atoms with Crippen molar-refractivity contribution in [1.82, 2.24) is 5.32 Å². The van der Waals surface area contributed by atoms with E-state index in [0.29, 0.717) is 25.3 Å². The highest BCUT2D eigenvalue weighted by Crippen LogP contribution is 2.03. The number of aliphatic hydroxyl groups excluding tert-OH is 1. The summed E-state index contributed by atoms with van der Waals surface area (Å²) in [6, 6.07) is -0.460. The Kier molecular flexibility index (Phi) is 8.70. The van der Waals surface area contributed by atoms with Gasteiger partial charge in [0, 0.05) is 6.54 Å². The molecule has 0 aromatic carbocycles. The van der Waals surface area contributed by atoms with Crippen LogP contribution in [-0.4, -0.2) is 41.7 Å². The van der Waals surface area contributed by atoms with Crippen molar-refractivity contribution in [2.75, 3.05) is 18.6 Å². The van der Waals surface area contributed by atoms with E-state index in [-0.39, 0.29) is 5.91 Å². The molecule has 0 rings (SSSR count). The summed E-state index contributed by atoms with van der Waals surface area (Å²) in [4.78, 5) is 11.5. The van der Waals surface area contributed by atoms with Gasteiger partial charge in [-0.15, -0.1) is 0 Å². The fraction of sp³-hybridized carbons (Fsp3) is 0.909. The minimum atomic E-state index is -0.475. The lowest BCUT2D eigenvalue weighted by atomic mass is 10.1. The molecular weight excluding hydrogens is 224 g/mol. The summed E-state index contributed by atoms with van der Waals surface area (Å²) in [5.41, 5.74) is 5.68. The van der Waals surface area contributed by atoms with Crippen molar-refractivity contribution in [3.63, 3.8) is 0 Å². The van der Waals surface area contributed by atoms with Gasteiger partial charge in [0.2, 0.25) is 5.91 Å². The smallest absolute Gasteiger partial charge is 0.237 e. The number of aliphatic hydroxyl groups is 1. The lowest BCUT2D eigenvalue weighted by molar-refractivity contribution is -0.122. The van der Waals surface area contributed by atoms with Gasteiger partial charge in [-0.3, -0.25) is 4.79 Å². The van der Waals surface area contributed by atoms with E-state index in [0.717, 1.165) is 5.75 Å². The maximum absolute atomic E-state index is 11.5. The lowest BCUT2D eigenvalue weighted by Crippen LogP contribution is -2.43. The lowest BCUT2D eigenvalue weighted by Gasteiger charge is -2.16. The maximum Gasteiger partial charge on any atom is 0.237 e. The van der Waals surface area contributed by atoms with E-state index < -0.39 is 12.1 Å². The summed E-state index contributed by atoms with van der Waals surface area (Å²) in [5.74, 6) is 1.14. The summed E-state index contributed by atoms with van der Waals surface area (Å²) in [5, 5.41) is 12.2. The van der Waals surface area contributed by atoms with Crippen LogP contribution in [-0.2, 0) is 4.79 Å². The minimum Gasteiger partial charge on any atom is -0.391 e. The zero-order valence-electron chi connectivity index (χ0n) is 10.4. The summed E-state index contributed by atoms with van der Waals surface area (Å²) in [6.07, 6.45) is 2.88. The predicted molar refractivity (Wildman–Crippen MR) is 69.4 cm³/mol. The summed E-state index contributed by atoms with van der Waals surface area (Å²) in [6.45, 7) is 4.37. The number of hydrogen-bond acceptors (Lipinski definition) is 4. The molecule has 0 spiro atoms. The van der Waals surface area contributed by atoms with Crippen LogP contribution in [0.15, 0.2) is 0 Å². The third-order valence-electron chi connectivity index (χ3n) is 2.23. The maximum atomic E-state index is 11.5. The Bertz CT molecular complexity index is 200. The molecule has 0 aliphatic carbocycles. The zero-order chi connectivity index (χ0) is 12.6. The third kappa shape index (κ3) is 7.96. The Labute approximate surface area is 102 Å². The molecule has 0 heterocycles. The van der Waals surface area contributed by atoms with Crippen LogP contribution in [0.25, 0.3) is 0 Å². The molecule has 0 saturated heterocycles. The summed E-state index contributed by atoms with van der Waals surface area (Å²) < 4.78 is 0. The number of nitrogens with two attached hydrogens (primary N) is 1. The molecule has 0 saturated carbocycles. The molecular formula is C11H24N2O2S. The Hall–Kier alpha value is -0.260. The van der Waals surface area contributed by atoms with Gasteiger partial charge in [-0.25, -0.2) is 0 Å². The van der Waals surface area contributed by atoms with E-state index in [2.05, 4.69) is 5.32 Å². The van der Waals surface area contributed by atoms with Gasteiger partial charge in [0.25, 0.3) is 0 Å². The molecule has 16 heavy (non-hydrogen) atoms. The molecule has 0 aromatic heterocycles. The van der Waals surface area contributed by atoms with Crippen LogP contribution in [0, 0.1) is 5.92 Å². The molecule has 1 unspecified atom stereocenters. The largest absolute Gasteiger partial charge is 0.391 e. The van der Waals surface area contributed by atoms with Crippen LogP contribution in [0.5, 0.6) is 0 Å². The average Bonchev–Trinajstić information content (AvgIpc) is 2.21. The molecule has 0 radical (unpaired) electrons. The van der Waals surface area contributed by atoms with Gasteiger partial charge in [-0.1, -0.05) is 13.8 Å². The first-order valence-electron chi connectivity index (χ1n) is 5.67. The van der Waals surface area contributed by atoms with Crippen LogP contribution in [0.4, 0.5) is 0 Å². The van der Waals surface area contributed by atoms with E-state index in [1.54, 1.807) is 11.8 Å². The van der Waals surface area contributed by atoms with Gasteiger partial charge >= 0.3 is 0 Å². The first-order valence-corrected chi connectivity index (χ1v) is 7.07. The molecule has 0 aliphatic rings. The molecule has 0 aromatic rings. The predicted octanol–water partition coefficient (Wildman–Crippen LogP) is 0.590. The van der Waals surface area contributed by atoms with Gasteiger partial charge < -0.3 is 16.2 Å². The van der Waals surface area contributed by atoms with E-state index in [1.165, 1.54) is 0 Å². The minimum absolute atomic E-state index is 0.170.